The van der Waals surface area contributed by atoms with Crippen molar-refractivity contribution in [2.45, 2.75) is 39.9 Å². The summed E-state index contributed by atoms with van der Waals surface area (Å²) in [6.45, 7) is 6.91. The molecule has 3 rings (SSSR count). The van der Waals surface area contributed by atoms with Crippen LogP contribution < -0.4 is 9.88 Å². The minimum atomic E-state index is -0.275. The highest BCUT2D eigenvalue weighted by Crippen LogP contribution is 2.19. The van der Waals surface area contributed by atoms with E-state index in [4.69, 9.17) is 0 Å². The number of aromatic nitrogens is 2. The van der Waals surface area contributed by atoms with Crippen LogP contribution in [0, 0.1) is 5.41 Å². The standard InChI is InChI=1S/C22H27N3O2/c1-22(2,3)20(15-26)23-21(27)14-25-16-24(13-17-9-5-4-6-10-17)18-11-7-8-12-19(18)25/h4-12,16,20,26H,13-15H2,1-3H3/p+1/t20-/m1/s1. The van der Waals surface area contributed by atoms with E-state index in [0.29, 0.717) is 0 Å². The van der Waals surface area contributed by atoms with Gasteiger partial charge in [0.1, 0.15) is 6.54 Å². The fraction of sp³-hybridized carbons (Fsp3) is 0.364. The summed E-state index contributed by atoms with van der Waals surface area (Å²) in [7, 11) is 0. The van der Waals surface area contributed by atoms with Gasteiger partial charge in [0.05, 0.1) is 12.6 Å². The predicted octanol–water partition coefficient (Wildman–Crippen LogP) is 2.50. The van der Waals surface area contributed by atoms with Gasteiger partial charge < -0.3 is 10.4 Å². The molecule has 0 aliphatic heterocycles. The molecule has 3 aromatic rings. The molecule has 1 heterocycles. The van der Waals surface area contributed by atoms with Crippen LogP contribution in [0.3, 0.4) is 0 Å². The van der Waals surface area contributed by atoms with Gasteiger partial charge in [-0.25, -0.2) is 9.13 Å². The Morgan fingerprint density at radius 2 is 1.78 bits per heavy atom. The smallest absolute Gasteiger partial charge is 0.262 e. The van der Waals surface area contributed by atoms with Crippen LogP contribution in [-0.2, 0) is 17.9 Å². The number of nitrogens with one attached hydrogen (secondary N) is 1. The number of aliphatic hydroxyl groups excluding tert-OH is 1. The van der Waals surface area contributed by atoms with E-state index in [0.717, 1.165) is 17.6 Å². The number of para-hydroxylation sites is 2. The molecule has 0 bridgehead atoms. The Balaban J connectivity index is 1.83. The number of carbonyl (C=O) groups is 1. The van der Waals surface area contributed by atoms with Gasteiger partial charge in [0, 0.05) is 0 Å². The first-order valence-electron chi connectivity index (χ1n) is 9.30. The Bertz CT molecular complexity index is 910. The first-order chi connectivity index (χ1) is 12.9. The van der Waals surface area contributed by atoms with Gasteiger partial charge >= 0.3 is 0 Å². The lowest BCUT2D eigenvalue weighted by Gasteiger charge is -2.29. The third-order valence-electron chi connectivity index (χ3n) is 4.85. The molecule has 142 valence electrons. The van der Waals surface area contributed by atoms with Crippen LogP contribution in [0.5, 0.6) is 0 Å². The number of hydrogen-bond acceptors (Lipinski definition) is 2. The van der Waals surface area contributed by atoms with Crippen molar-refractivity contribution in [3.8, 4) is 0 Å². The van der Waals surface area contributed by atoms with Gasteiger partial charge in [0.2, 0.25) is 6.33 Å². The van der Waals surface area contributed by atoms with Crippen molar-refractivity contribution in [2.75, 3.05) is 6.61 Å². The quantitative estimate of drug-likeness (QED) is 0.659. The SMILES string of the molecule is CC(C)(C)[C@@H](CO)NC(=O)Cn1c[n+](Cc2ccccc2)c2ccccc21. The molecule has 0 unspecified atom stereocenters. The number of rotatable bonds is 6. The van der Waals surface area contributed by atoms with E-state index < -0.39 is 0 Å². The van der Waals surface area contributed by atoms with Crippen molar-refractivity contribution in [1.82, 2.24) is 9.88 Å². The lowest BCUT2D eigenvalue weighted by atomic mass is 9.87. The Morgan fingerprint density at radius 3 is 2.44 bits per heavy atom. The topological polar surface area (TPSA) is 58.1 Å². The summed E-state index contributed by atoms with van der Waals surface area (Å²) in [5.41, 5.74) is 3.11. The minimum absolute atomic E-state index is 0.0737. The number of imidazole rings is 1. The van der Waals surface area contributed by atoms with E-state index in [1.807, 2.05) is 68.1 Å². The molecule has 1 atom stereocenters. The van der Waals surface area contributed by atoms with Gasteiger partial charge in [0.25, 0.3) is 5.91 Å². The predicted molar refractivity (Wildman–Crippen MR) is 106 cm³/mol. The molecule has 0 saturated heterocycles. The molecule has 5 heteroatoms. The average Bonchev–Trinajstić information content (AvgIpc) is 2.97. The Morgan fingerprint density at radius 1 is 1.11 bits per heavy atom. The fourth-order valence-corrected chi connectivity index (χ4v) is 3.21. The van der Waals surface area contributed by atoms with Crippen LogP contribution in [0.1, 0.15) is 26.3 Å². The van der Waals surface area contributed by atoms with Gasteiger partial charge in [-0.2, -0.15) is 0 Å². The second-order valence-corrected chi connectivity index (χ2v) is 8.01. The van der Waals surface area contributed by atoms with Gasteiger partial charge in [-0.05, 0) is 23.1 Å². The maximum Gasteiger partial charge on any atom is 0.262 e. The van der Waals surface area contributed by atoms with Crippen molar-refractivity contribution in [3.63, 3.8) is 0 Å². The van der Waals surface area contributed by atoms with E-state index in [2.05, 4.69) is 28.1 Å². The number of nitrogens with zero attached hydrogens (tertiary/aromatic N) is 2. The maximum atomic E-state index is 12.6. The Kier molecular flexibility index (Phi) is 5.61. The monoisotopic (exact) mass is 366 g/mol. The molecular formula is C22H28N3O2+. The van der Waals surface area contributed by atoms with Crippen molar-refractivity contribution in [3.05, 3.63) is 66.5 Å². The molecule has 5 nitrogen and oxygen atoms in total. The zero-order valence-corrected chi connectivity index (χ0v) is 16.2. The highest BCUT2D eigenvalue weighted by molar-refractivity contribution is 5.79. The molecule has 1 amide bonds. The number of amides is 1. The molecule has 0 fully saturated rings. The van der Waals surface area contributed by atoms with Gasteiger partial charge in [0.15, 0.2) is 17.6 Å². The van der Waals surface area contributed by atoms with Crippen LogP contribution in [-0.4, -0.2) is 28.2 Å². The van der Waals surface area contributed by atoms with Crippen molar-refractivity contribution in [1.29, 1.82) is 0 Å². The fourth-order valence-electron chi connectivity index (χ4n) is 3.21. The van der Waals surface area contributed by atoms with Crippen LogP contribution in [0.4, 0.5) is 0 Å². The number of hydrogen-bond donors (Lipinski definition) is 2. The molecule has 0 saturated carbocycles. The summed E-state index contributed by atoms with van der Waals surface area (Å²) in [4.78, 5) is 12.6. The molecule has 0 radical (unpaired) electrons. The number of aliphatic hydroxyl groups is 1. The van der Waals surface area contributed by atoms with Crippen LogP contribution >= 0.6 is 0 Å². The van der Waals surface area contributed by atoms with Crippen molar-refractivity contribution < 1.29 is 14.5 Å². The van der Waals surface area contributed by atoms with Crippen molar-refractivity contribution in [2.24, 2.45) is 5.41 Å². The van der Waals surface area contributed by atoms with Crippen LogP contribution in [0.2, 0.25) is 0 Å². The minimum Gasteiger partial charge on any atom is -0.394 e. The van der Waals surface area contributed by atoms with Crippen LogP contribution in [0.15, 0.2) is 60.9 Å². The summed E-state index contributed by atoms with van der Waals surface area (Å²) >= 11 is 0. The number of carbonyl (C=O) groups excluding carboxylic acids is 1. The molecule has 2 N–H and O–H groups in total. The van der Waals surface area contributed by atoms with E-state index in [9.17, 15) is 9.90 Å². The second kappa shape index (κ2) is 7.92. The Labute approximate surface area is 160 Å². The molecule has 0 aliphatic rings. The maximum absolute atomic E-state index is 12.6. The first kappa shape index (κ1) is 19.1. The summed E-state index contributed by atoms with van der Waals surface area (Å²) in [5.74, 6) is -0.100. The second-order valence-electron chi connectivity index (χ2n) is 8.01. The third kappa shape index (κ3) is 4.55. The largest absolute Gasteiger partial charge is 0.394 e. The van der Waals surface area contributed by atoms with E-state index in [1.165, 1.54) is 5.56 Å². The highest BCUT2D eigenvalue weighted by Gasteiger charge is 2.26. The molecular weight excluding hydrogens is 338 g/mol. The molecule has 27 heavy (non-hydrogen) atoms. The van der Waals surface area contributed by atoms with Crippen molar-refractivity contribution >= 4 is 16.9 Å². The Hall–Kier alpha value is -2.66. The van der Waals surface area contributed by atoms with E-state index >= 15 is 0 Å². The molecule has 2 aromatic carbocycles. The lowest BCUT2D eigenvalue weighted by Crippen LogP contribution is -2.47. The van der Waals surface area contributed by atoms with Gasteiger partial charge in [-0.3, -0.25) is 4.79 Å². The molecule has 0 spiro atoms. The van der Waals surface area contributed by atoms with Gasteiger partial charge in [-0.1, -0.05) is 63.2 Å². The number of benzene rings is 2. The summed E-state index contributed by atoms with van der Waals surface area (Å²) in [5, 5.41) is 12.6. The van der Waals surface area contributed by atoms with Crippen LogP contribution in [0.25, 0.3) is 11.0 Å². The zero-order chi connectivity index (χ0) is 19.4. The first-order valence-corrected chi connectivity index (χ1v) is 9.30. The summed E-state index contributed by atoms with van der Waals surface area (Å²) in [6, 6.07) is 18.1. The summed E-state index contributed by atoms with van der Waals surface area (Å²) < 4.78 is 4.12. The number of fused-ring (bicyclic) bond motifs is 1. The summed E-state index contributed by atoms with van der Waals surface area (Å²) in [6.07, 6.45) is 1.99. The highest BCUT2D eigenvalue weighted by atomic mass is 16.3. The third-order valence-corrected chi connectivity index (χ3v) is 4.85. The van der Waals surface area contributed by atoms with E-state index in [-0.39, 0.29) is 30.5 Å². The molecule has 1 aromatic heterocycles. The average molecular weight is 366 g/mol. The van der Waals surface area contributed by atoms with E-state index in [1.54, 1.807) is 0 Å². The lowest BCUT2D eigenvalue weighted by molar-refractivity contribution is -0.663. The van der Waals surface area contributed by atoms with Gasteiger partial charge in [-0.15, -0.1) is 0 Å². The zero-order valence-electron chi connectivity index (χ0n) is 16.2. The normalized spacial score (nSPS) is 12.9. The molecule has 0 aliphatic carbocycles.